The van der Waals surface area contributed by atoms with Crippen molar-refractivity contribution in [1.82, 2.24) is 14.7 Å². The molecule has 1 saturated heterocycles. The zero-order valence-electron chi connectivity index (χ0n) is 22.7. The molecule has 10 heteroatoms. The molecule has 0 spiro atoms. The van der Waals surface area contributed by atoms with Crippen LogP contribution >= 0.6 is 0 Å². The fourth-order valence-electron chi connectivity index (χ4n) is 4.78. The fourth-order valence-corrected chi connectivity index (χ4v) is 5.72. The van der Waals surface area contributed by atoms with E-state index in [1.165, 1.54) is 18.2 Å². The molecule has 9 nitrogen and oxygen atoms in total. The number of hydrogen-bond donors (Lipinski definition) is 2. The van der Waals surface area contributed by atoms with Gasteiger partial charge in [0, 0.05) is 17.6 Å². The highest BCUT2D eigenvalue weighted by Crippen LogP contribution is 2.40. The third-order valence-electron chi connectivity index (χ3n) is 7.41. The van der Waals surface area contributed by atoms with Gasteiger partial charge >= 0.3 is 0 Å². The SMILES string of the molecule is CCOc1cc(C)c(-c2ccc(C(=O)NS(=O)(=O)c3cccc(N)n3)c(N3CCC(C)C3(C)C)n2)cc1C. The van der Waals surface area contributed by atoms with Gasteiger partial charge in [-0.1, -0.05) is 13.0 Å². The normalized spacial score (nSPS) is 16.9. The van der Waals surface area contributed by atoms with Crippen molar-refractivity contribution in [3.8, 4) is 17.0 Å². The minimum Gasteiger partial charge on any atom is -0.494 e. The number of hydrogen-bond acceptors (Lipinski definition) is 8. The molecule has 0 aliphatic carbocycles. The standard InChI is InChI=1S/C28H35N5O4S/c1-7-37-23-16-17(2)21(15-18(23)3)22-12-11-20(26(30-22)33-14-13-19(4)28(33,5)6)27(34)32-38(35,36)25-10-8-9-24(29)31-25/h8-12,15-16,19H,7,13-14H2,1-6H3,(H2,29,31)(H,32,34). The highest BCUT2D eigenvalue weighted by atomic mass is 32.2. The van der Waals surface area contributed by atoms with E-state index in [0.717, 1.165) is 28.9 Å². The Morgan fingerprint density at radius 2 is 1.89 bits per heavy atom. The number of sulfonamides is 1. The number of ether oxygens (including phenoxy) is 1. The van der Waals surface area contributed by atoms with Crippen LogP contribution in [0.1, 0.15) is 55.6 Å². The summed E-state index contributed by atoms with van der Waals surface area (Å²) in [5, 5.41) is -0.326. The van der Waals surface area contributed by atoms with E-state index in [-0.39, 0.29) is 21.9 Å². The Morgan fingerprint density at radius 3 is 2.53 bits per heavy atom. The highest BCUT2D eigenvalue weighted by Gasteiger charge is 2.41. The first kappa shape index (κ1) is 27.4. The molecule has 0 bridgehead atoms. The van der Waals surface area contributed by atoms with Gasteiger partial charge in [0.15, 0.2) is 5.03 Å². The van der Waals surface area contributed by atoms with E-state index >= 15 is 0 Å². The number of carbonyl (C=O) groups is 1. The number of amides is 1. The summed E-state index contributed by atoms with van der Waals surface area (Å²) in [6.07, 6.45) is 0.923. The van der Waals surface area contributed by atoms with Crippen LogP contribution in [-0.4, -0.2) is 43.0 Å². The lowest BCUT2D eigenvalue weighted by Crippen LogP contribution is -2.43. The lowest BCUT2D eigenvalue weighted by atomic mass is 9.90. The molecule has 4 rings (SSSR count). The molecular weight excluding hydrogens is 502 g/mol. The van der Waals surface area contributed by atoms with Gasteiger partial charge in [-0.25, -0.2) is 14.7 Å². The van der Waals surface area contributed by atoms with Gasteiger partial charge in [0.25, 0.3) is 15.9 Å². The van der Waals surface area contributed by atoms with Crippen LogP contribution in [0.4, 0.5) is 11.6 Å². The number of aromatic nitrogens is 2. The van der Waals surface area contributed by atoms with Gasteiger partial charge in [-0.2, -0.15) is 8.42 Å². The lowest BCUT2D eigenvalue weighted by molar-refractivity contribution is 0.0981. The van der Waals surface area contributed by atoms with Crippen molar-refractivity contribution < 1.29 is 17.9 Å². The Labute approximate surface area is 224 Å². The topological polar surface area (TPSA) is 128 Å². The predicted molar refractivity (Wildman–Crippen MR) is 149 cm³/mol. The van der Waals surface area contributed by atoms with Crippen molar-refractivity contribution in [2.75, 3.05) is 23.8 Å². The van der Waals surface area contributed by atoms with E-state index in [4.69, 9.17) is 15.5 Å². The molecule has 1 aliphatic heterocycles. The summed E-state index contributed by atoms with van der Waals surface area (Å²) in [6, 6.07) is 11.6. The van der Waals surface area contributed by atoms with E-state index in [2.05, 4.69) is 35.4 Å². The van der Waals surface area contributed by atoms with Crippen LogP contribution < -0.4 is 20.1 Å². The highest BCUT2D eigenvalue weighted by molar-refractivity contribution is 7.90. The molecule has 1 unspecified atom stereocenters. The van der Waals surface area contributed by atoms with E-state index < -0.39 is 15.9 Å². The summed E-state index contributed by atoms with van der Waals surface area (Å²) in [5.74, 6) is 0.869. The van der Waals surface area contributed by atoms with E-state index in [0.29, 0.717) is 30.6 Å². The predicted octanol–water partition coefficient (Wildman–Crippen LogP) is 4.48. The van der Waals surface area contributed by atoms with Crippen molar-refractivity contribution in [3.63, 3.8) is 0 Å². The molecule has 202 valence electrons. The number of nitrogens with one attached hydrogen (secondary N) is 1. The Bertz CT molecular complexity index is 1490. The number of aryl methyl sites for hydroxylation is 2. The van der Waals surface area contributed by atoms with Gasteiger partial charge in [0.05, 0.1) is 17.9 Å². The van der Waals surface area contributed by atoms with Crippen LogP contribution in [0.5, 0.6) is 5.75 Å². The van der Waals surface area contributed by atoms with E-state index in [9.17, 15) is 13.2 Å². The molecule has 1 amide bonds. The van der Waals surface area contributed by atoms with Crippen molar-refractivity contribution in [2.45, 2.75) is 58.5 Å². The van der Waals surface area contributed by atoms with Crippen molar-refractivity contribution in [2.24, 2.45) is 5.92 Å². The van der Waals surface area contributed by atoms with Crippen molar-refractivity contribution >= 4 is 27.6 Å². The van der Waals surface area contributed by atoms with Gasteiger partial charge in [-0.15, -0.1) is 0 Å². The van der Waals surface area contributed by atoms with Crippen LogP contribution in [-0.2, 0) is 10.0 Å². The summed E-state index contributed by atoms with van der Waals surface area (Å²) in [7, 11) is -4.25. The largest absolute Gasteiger partial charge is 0.494 e. The van der Waals surface area contributed by atoms with Gasteiger partial charge in [-0.05, 0) is 94.5 Å². The lowest BCUT2D eigenvalue weighted by Gasteiger charge is -2.36. The molecule has 2 aromatic heterocycles. The minimum atomic E-state index is -4.25. The monoisotopic (exact) mass is 537 g/mol. The number of carbonyl (C=O) groups excluding carboxylic acids is 1. The molecule has 0 radical (unpaired) electrons. The second-order valence-corrected chi connectivity index (χ2v) is 11.9. The maximum atomic E-state index is 13.4. The van der Waals surface area contributed by atoms with Crippen LogP contribution in [0, 0.1) is 19.8 Å². The zero-order valence-corrected chi connectivity index (χ0v) is 23.5. The summed E-state index contributed by atoms with van der Waals surface area (Å²) in [4.78, 5) is 24.4. The molecule has 1 atom stereocenters. The molecule has 38 heavy (non-hydrogen) atoms. The van der Waals surface area contributed by atoms with Crippen LogP contribution in [0.2, 0.25) is 0 Å². The Hall–Kier alpha value is -3.66. The first-order chi connectivity index (χ1) is 17.8. The number of nitrogens with zero attached hydrogens (tertiary/aromatic N) is 3. The van der Waals surface area contributed by atoms with E-state index in [1.54, 1.807) is 12.1 Å². The van der Waals surface area contributed by atoms with Gasteiger partial charge < -0.3 is 15.4 Å². The fraction of sp³-hybridized carbons (Fsp3) is 0.393. The number of rotatable bonds is 7. The van der Waals surface area contributed by atoms with Crippen molar-refractivity contribution in [3.05, 3.63) is 59.2 Å². The first-order valence-electron chi connectivity index (χ1n) is 12.7. The molecular formula is C28H35N5O4S. The molecule has 3 heterocycles. The number of nitrogen functional groups attached to an aromatic ring is 1. The summed E-state index contributed by atoms with van der Waals surface area (Å²) in [5.41, 5.74) is 9.11. The number of pyridine rings is 2. The molecule has 3 N–H and O–H groups in total. The molecule has 1 aliphatic rings. The Kier molecular flexibility index (Phi) is 7.38. The van der Waals surface area contributed by atoms with Gasteiger partial charge in [0.1, 0.15) is 17.4 Å². The first-order valence-corrected chi connectivity index (χ1v) is 14.2. The third kappa shape index (κ3) is 5.18. The minimum absolute atomic E-state index is 0.0425. The maximum absolute atomic E-state index is 13.4. The average molecular weight is 538 g/mol. The summed E-state index contributed by atoms with van der Waals surface area (Å²) >= 11 is 0. The quantitative estimate of drug-likeness (QED) is 0.451. The van der Waals surface area contributed by atoms with Crippen molar-refractivity contribution in [1.29, 1.82) is 0 Å². The molecule has 1 aromatic carbocycles. The molecule has 0 saturated carbocycles. The van der Waals surface area contributed by atoms with E-state index in [1.807, 2.05) is 32.9 Å². The zero-order chi connectivity index (χ0) is 27.8. The average Bonchev–Trinajstić information content (AvgIpc) is 3.12. The summed E-state index contributed by atoms with van der Waals surface area (Å²) < 4.78 is 33.8. The molecule has 1 fully saturated rings. The second-order valence-electron chi connectivity index (χ2n) is 10.3. The van der Waals surface area contributed by atoms with Crippen LogP contribution in [0.15, 0.2) is 47.5 Å². The van der Waals surface area contributed by atoms with Gasteiger partial charge in [-0.3, -0.25) is 4.79 Å². The van der Waals surface area contributed by atoms with Crippen LogP contribution in [0.25, 0.3) is 11.3 Å². The number of nitrogens with two attached hydrogens (primary N) is 1. The molecule has 3 aromatic rings. The third-order valence-corrected chi connectivity index (χ3v) is 8.64. The summed E-state index contributed by atoms with van der Waals surface area (Å²) in [6.45, 7) is 13.6. The second kappa shape index (κ2) is 10.2. The van der Waals surface area contributed by atoms with Gasteiger partial charge in [0.2, 0.25) is 0 Å². The Morgan fingerprint density at radius 1 is 1.16 bits per heavy atom. The smallest absolute Gasteiger partial charge is 0.281 e. The number of benzene rings is 1. The maximum Gasteiger partial charge on any atom is 0.281 e. The Balaban J connectivity index is 1.80. The number of anilines is 2. The van der Waals surface area contributed by atoms with Crippen LogP contribution in [0.3, 0.4) is 0 Å².